The molecule has 4 heteroatoms. The molecule has 0 amide bonds. The van der Waals surface area contributed by atoms with Crippen molar-refractivity contribution in [1.29, 1.82) is 0 Å². The molecule has 1 aromatic carbocycles. The van der Waals surface area contributed by atoms with E-state index in [4.69, 9.17) is 9.47 Å². The summed E-state index contributed by atoms with van der Waals surface area (Å²) in [7, 11) is 0. The van der Waals surface area contributed by atoms with Gasteiger partial charge in [-0.05, 0) is 43.9 Å². The summed E-state index contributed by atoms with van der Waals surface area (Å²) < 4.78 is 24.1. The van der Waals surface area contributed by atoms with Crippen molar-refractivity contribution < 1.29 is 19.0 Å². The maximum Gasteiger partial charge on any atom is 0.125 e. The van der Waals surface area contributed by atoms with Crippen molar-refractivity contribution >= 4 is 0 Å². The van der Waals surface area contributed by atoms with Crippen LogP contribution in [0.2, 0.25) is 0 Å². The fourth-order valence-corrected chi connectivity index (χ4v) is 2.10. The lowest BCUT2D eigenvalue weighted by Gasteiger charge is -2.23. The standard InChI is InChI=1S/C14H19FO3/c1-10(16)13-8-12(15)2-3-14(13)18-9-11-4-6-17-7-5-11/h2-3,8,10-11,16H,4-7,9H2,1H3/t10-/m0/s1. The highest BCUT2D eigenvalue weighted by molar-refractivity contribution is 5.35. The van der Waals surface area contributed by atoms with E-state index in [2.05, 4.69) is 0 Å². The van der Waals surface area contributed by atoms with Gasteiger partial charge in [0, 0.05) is 18.8 Å². The topological polar surface area (TPSA) is 38.7 Å². The van der Waals surface area contributed by atoms with E-state index in [0.29, 0.717) is 23.8 Å². The Hall–Kier alpha value is -1.13. The van der Waals surface area contributed by atoms with Crippen LogP contribution in [0.3, 0.4) is 0 Å². The van der Waals surface area contributed by atoms with Gasteiger partial charge in [0.1, 0.15) is 11.6 Å². The predicted octanol–water partition coefficient (Wildman–Crippen LogP) is 2.68. The van der Waals surface area contributed by atoms with Crippen molar-refractivity contribution in [3.8, 4) is 5.75 Å². The minimum absolute atomic E-state index is 0.357. The molecule has 1 aliphatic rings. The minimum Gasteiger partial charge on any atom is -0.493 e. The van der Waals surface area contributed by atoms with Crippen molar-refractivity contribution in [2.75, 3.05) is 19.8 Å². The molecular formula is C14H19FO3. The summed E-state index contributed by atoms with van der Waals surface area (Å²) in [5.41, 5.74) is 0.502. The molecular weight excluding hydrogens is 235 g/mol. The molecule has 18 heavy (non-hydrogen) atoms. The first-order chi connectivity index (χ1) is 8.66. The molecule has 0 saturated carbocycles. The van der Waals surface area contributed by atoms with Gasteiger partial charge in [0.2, 0.25) is 0 Å². The Kier molecular flexibility index (Phi) is 4.55. The third-order valence-electron chi connectivity index (χ3n) is 3.24. The molecule has 0 unspecified atom stereocenters. The fourth-order valence-electron chi connectivity index (χ4n) is 2.10. The first-order valence-electron chi connectivity index (χ1n) is 6.35. The first-order valence-corrected chi connectivity index (χ1v) is 6.35. The summed E-state index contributed by atoms with van der Waals surface area (Å²) in [5, 5.41) is 9.60. The molecule has 1 saturated heterocycles. The maximum atomic E-state index is 13.1. The summed E-state index contributed by atoms with van der Waals surface area (Å²) in [6.45, 7) is 3.76. The van der Waals surface area contributed by atoms with Crippen LogP contribution in [0.5, 0.6) is 5.75 Å². The molecule has 1 aromatic rings. The Balaban J connectivity index is 1.99. The van der Waals surface area contributed by atoms with Gasteiger partial charge < -0.3 is 14.6 Å². The van der Waals surface area contributed by atoms with E-state index in [-0.39, 0.29) is 5.82 Å². The predicted molar refractivity (Wildman–Crippen MR) is 66.1 cm³/mol. The summed E-state index contributed by atoms with van der Waals surface area (Å²) in [6, 6.07) is 4.26. The summed E-state index contributed by atoms with van der Waals surface area (Å²) in [5.74, 6) is 0.688. The molecule has 2 rings (SSSR count). The highest BCUT2D eigenvalue weighted by Gasteiger charge is 2.16. The van der Waals surface area contributed by atoms with Gasteiger partial charge in [-0.3, -0.25) is 0 Å². The normalized spacial score (nSPS) is 18.6. The number of hydrogen-bond donors (Lipinski definition) is 1. The molecule has 1 aliphatic heterocycles. The Morgan fingerprint density at radius 3 is 2.83 bits per heavy atom. The highest BCUT2D eigenvalue weighted by atomic mass is 19.1. The Morgan fingerprint density at radius 2 is 2.17 bits per heavy atom. The quantitative estimate of drug-likeness (QED) is 0.897. The third kappa shape index (κ3) is 3.43. The molecule has 0 aliphatic carbocycles. The Morgan fingerprint density at radius 1 is 1.44 bits per heavy atom. The molecule has 100 valence electrons. The van der Waals surface area contributed by atoms with Crippen molar-refractivity contribution in [1.82, 2.24) is 0 Å². The second kappa shape index (κ2) is 6.16. The van der Waals surface area contributed by atoms with E-state index >= 15 is 0 Å². The third-order valence-corrected chi connectivity index (χ3v) is 3.24. The Bertz CT molecular complexity index is 387. The lowest BCUT2D eigenvalue weighted by Crippen LogP contribution is -2.21. The lowest BCUT2D eigenvalue weighted by atomic mass is 10.0. The number of benzene rings is 1. The zero-order chi connectivity index (χ0) is 13.0. The first kappa shape index (κ1) is 13.3. The highest BCUT2D eigenvalue weighted by Crippen LogP contribution is 2.27. The van der Waals surface area contributed by atoms with Crippen LogP contribution in [0.4, 0.5) is 4.39 Å². The molecule has 1 heterocycles. The van der Waals surface area contributed by atoms with Crippen LogP contribution in [-0.2, 0) is 4.74 Å². The van der Waals surface area contributed by atoms with Crippen molar-refractivity contribution in [2.24, 2.45) is 5.92 Å². The molecule has 1 N–H and O–H groups in total. The summed E-state index contributed by atoms with van der Waals surface area (Å²) >= 11 is 0. The SMILES string of the molecule is C[C@H](O)c1cc(F)ccc1OCC1CCOCC1. The van der Waals surface area contributed by atoms with E-state index in [1.165, 1.54) is 12.1 Å². The summed E-state index contributed by atoms with van der Waals surface area (Å²) in [6.07, 6.45) is 1.25. The molecule has 0 spiro atoms. The zero-order valence-electron chi connectivity index (χ0n) is 10.6. The van der Waals surface area contributed by atoms with Crippen LogP contribution in [0.1, 0.15) is 31.4 Å². The van der Waals surface area contributed by atoms with E-state index in [9.17, 15) is 9.50 Å². The van der Waals surface area contributed by atoms with Crippen molar-refractivity contribution in [3.63, 3.8) is 0 Å². The smallest absolute Gasteiger partial charge is 0.125 e. The van der Waals surface area contributed by atoms with Gasteiger partial charge in [0.05, 0.1) is 12.7 Å². The number of halogens is 1. The van der Waals surface area contributed by atoms with Gasteiger partial charge in [0.15, 0.2) is 0 Å². The van der Waals surface area contributed by atoms with Gasteiger partial charge in [-0.1, -0.05) is 0 Å². The fraction of sp³-hybridized carbons (Fsp3) is 0.571. The second-order valence-corrected chi connectivity index (χ2v) is 4.72. The number of hydrogen-bond acceptors (Lipinski definition) is 3. The maximum absolute atomic E-state index is 13.1. The number of aliphatic hydroxyl groups is 1. The van der Waals surface area contributed by atoms with Crippen LogP contribution in [0.15, 0.2) is 18.2 Å². The van der Waals surface area contributed by atoms with E-state index < -0.39 is 6.10 Å². The number of rotatable bonds is 4. The Labute approximate surface area is 107 Å². The second-order valence-electron chi connectivity index (χ2n) is 4.72. The number of ether oxygens (including phenoxy) is 2. The van der Waals surface area contributed by atoms with Gasteiger partial charge in [-0.2, -0.15) is 0 Å². The van der Waals surface area contributed by atoms with Gasteiger partial charge in [-0.25, -0.2) is 4.39 Å². The van der Waals surface area contributed by atoms with Gasteiger partial charge >= 0.3 is 0 Å². The molecule has 3 nitrogen and oxygen atoms in total. The average Bonchev–Trinajstić information content (AvgIpc) is 2.38. The van der Waals surface area contributed by atoms with Crippen molar-refractivity contribution in [3.05, 3.63) is 29.6 Å². The van der Waals surface area contributed by atoms with E-state index in [1.807, 2.05) is 0 Å². The molecule has 0 bridgehead atoms. The molecule has 1 fully saturated rings. The molecule has 0 radical (unpaired) electrons. The van der Waals surface area contributed by atoms with Crippen LogP contribution in [0.25, 0.3) is 0 Å². The molecule has 1 atom stereocenters. The molecule has 0 aromatic heterocycles. The largest absolute Gasteiger partial charge is 0.493 e. The summed E-state index contributed by atoms with van der Waals surface area (Å²) in [4.78, 5) is 0. The monoisotopic (exact) mass is 254 g/mol. The van der Waals surface area contributed by atoms with Crippen LogP contribution in [0, 0.1) is 11.7 Å². The van der Waals surface area contributed by atoms with Crippen LogP contribution < -0.4 is 4.74 Å². The van der Waals surface area contributed by atoms with Crippen LogP contribution >= 0.6 is 0 Å². The van der Waals surface area contributed by atoms with Crippen LogP contribution in [-0.4, -0.2) is 24.9 Å². The lowest BCUT2D eigenvalue weighted by molar-refractivity contribution is 0.0491. The number of aliphatic hydroxyl groups excluding tert-OH is 1. The van der Waals surface area contributed by atoms with Crippen molar-refractivity contribution in [2.45, 2.75) is 25.9 Å². The minimum atomic E-state index is -0.731. The van der Waals surface area contributed by atoms with E-state index in [1.54, 1.807) is 13.0 Å². The average molecular weight is 254 g/mol. The van der Waals surface area contributed by atoms with Gasteiger partial charge in [0.25, 0.3) is 0 Å². The zero-order valence-corrected chi connectivity index (χ0v) is 10.6. The van der Waals surface area contributed by atoms with E-state index in [0.717, 1.165) is 26.1 Å². The van der Waals surface area contributed by atoms with Gasteiger partial charge in [-0.15, -0.1) is 0 Å².